The zero-order valence-corrected chi connectivity index (χ0v) is 14.5. The predicted molar refractivity (Wildman–Crippen MR) is 88.0 cm³/mol. The molecule has 0 radical (unpaired) electrons. The lowest BCUT2D eigenvalue weighted by molar-refractivity contribution is -0.137. The van der Waals surface area contributed by atoms with Gasteiger partial charge >= 0.3 is 6.18 Å². The van der Waals surface area contributed by atoms with Crippen molar-refractivity contribution >= 4 is 5.82 Å². The third kappa shape index (κ3) is 4.40. The highest BCUT2D eigenvalue weighted by atomic mass is 19.4. The van der Waals surface area contributed by atoms with E-state index in [4.69, 9.17) is 9.47 Å². The van der Waals surface area contributed by atoms with E-state index in [1.165, 1.54) is 6.07 Å². The molecule has 1 aliphatic rings. The van der Waals surface area contributed by atoms with Gasteiger partial charge in [0.05, 0.1) is 12.1 Å². The van der Waals surface area contributed by atoms with E-state index in [1.54, 1.807) is 7.11 Å². The Morgan fingerprint density at radius 1 is 1.27 bits per heavy atom. The Kier molecular flexibility index (Phi) is 5.26. The third-order valence-corrected chi connectivity index (χ3v) is 3.98. The van der Waals surface area contributed by atoms with Crippen molar-refractivity contribution in [2.24, 2.45) is 0 Å². The first-order chi connectivity index (χ1) is 12.3. The van der Waals surface area contributed by atoms with Gasteiger partial charge in [0.1, 0.15) is 18.5 Å². The highest BCUT2D eigenvalue weighted by molar-refractivity contribution is 5.41. The fourth-order valence-corrected chi connectivity index (χ4v) is 2.79. The number of pyridine rings is 1. The van der Waals surface area contributed by atoms with Gasteiger partial charge in [-0.05, 0) is 13.0 Å². The lowest BCUT2D eigenvalue weighted by Crippen LogP contribution is -2.26. The lowest BCUT2D eigenvalue weighted by atomic mass is 10.3. The standard InChI is InChI=1S/C17H19F3N4O2/c1-11-7-15(23-14(22-11)10-25-2)24-6-5-13(9-24)26-16-4-3-12(8-21-16)17(18,19)20/h3-4,7-8,13H,5-6,9-10H2,1-2H3. The van der Waals surface area contributed by atoms with Crippen LogP contribution in [0.3, 0.4) is 0 Å². The second-order valence-electron chi connectivity index (χ2n) is 6.07. The molecule has 3 rings (SSSR count). The molecule has 0 aliphatic carbocycles. The number of hydrogen-bond acceptors (Lipinski definition) is 6. The molecule has 2 aromatic heterocycles. The molecule has 0 saturated carbocycles. The number of alkyl halides is 3. The second kappa shape index (κ2) is 7.45. The molecule has 0 amide bonds. The van der Waals surface area contributed by atoms with Crippen LogP contribution in [0.15, 0.2) is 24.4 Å². The maximum absolute atomic E-state index is 12.6. The third-order valence-electron chi connectivity index (χ3n) is 3.98. The monoisotopic (exact) mass is 368 g/mol. The lowest BCUT2D eigenvalue weighted by Gasteiger charge is -2.19. The Bertz CT molecular complexity index is 753. The number of aromatic nitrogens is 3. The zero-order chi connectivity index (χ0) is 18.7. The average molecular weight is 368 g/mol. The van der Waals surface area contributed by atoms with Gasteiger partial charge < -0.3 is 14.4 Å². The van der Waals surface area contributed by atoms with Crippen molar-refractivity contribution in [3.05, 3.63) is 41.5 Å². The van der Waals surface area contributed by atoms with Crippen molar-refractivity contribution in [1.82, 2.24) is 15.0 Å². The van der Waals surface area contributed by atoms with E-state index >= 15 is 0 Å². The quantitative estimate of drug-likeness (QED) is 0.809. The predicted octanol–water partition coefficient (Wildman–Crippen LogP) is 3.00. The Balaban J connectivity index is 1.64. The number of ether oxygens (including phenoxy) is 2. The molecule has 1 aliphatic heterocycles. The van der Waals surface area contributed by atoms with Crippen molar-refractivity contribution in [2.45, 2.75) is 32.2 Å². The highest BCUT2D eigenvalue weighted by Crippen LogP contribution is 2.29. The Morgan fingerprint density at radius 2 is 2.08 bits per heavy atom. The van der Waals surface area contributed by atoms with E-state index in [-0.39, 0.29) is 12.0 Å². The van der Waals surface area contributed by atoms with Gasteiger partial charge in [0, 0.05) is 44.1 Å². The van der Waals surface area contributed by atoms with Crippen LogP contribution in [0.2, 0.25) is 0 Å². The molecule has 1 atom stereocenters. The number of methoxy groups -OCH3 is 1. The second-order valence-corrected chi connectivity index (χ2v) is 6.07. The Morgan fingerprint density at radius 3 is 2.73 bits per heavy atom. The highest BCUT2D eigenvalue weighted by Gasteiger charge is 2.31. The van der Waals surface area contributed by atoms with Crippen LogP contribution in [0, 0.1) is 6.92 Å². The number of aryl methyl sites for hydroxylation is 1. The van der Waals surface area contributed by atoms with Gasteiger partial charge in [0.25, 0.3) is 0 Å². The number of nitrogens with zero attached hydrogens (tertiary/aromatic N) is 4. The molecule has 26 heavy (non-hydrogen) atoms. The number of hydrogen-bond donors (Lipinski definition) is 0. The van der Waals surface area contributed by atoms with Crippen molar-refractivity contribution in [2.75, 3.05) is 25.1 Å². The van der Waals surface area contributed by atoms with Crippen molar-refractivity contribution in [3.63, 3.8) is 0 Å². The van der Waals surface area contributed by atoms with Gasteiger partial charge in [0.15, 0.2) is 5.82 Å². The molecule has 0 bridgehead atoms. The maximum atomic E-state index is 12.6. The maximum Gasteiger partial charge on any atom is 0.417 e. The molecule has 3 heterocycles. The Labute approximate surface area is 149 Å². The minimum Gasteiger partial charge on any atom is -0.472 e. The molecule has 0 spiro atoms. The molecular weight excluding hydrogens is 349 g/mol. The fraction of sp³-hybridized carbons (Fsp3) is 0.471. The van der Waals surface area contributed by atoms with Gasteiger partial charge in [-0.25, -0.2) is 15.0 Å². The summed E-state index contributed by atoms with van der Waals surface area (Å²) in [4.78, 5) is 14.6. The smallest absolute Gasteiger partial charge is 0.417 e. The van der Waals surface area contributed by atoms with E-state index < -0.39 is 11.7 Å². The van der Waals surface area contributed by atoms with Crippen LogP contribution in [0.1, 0.15) is 23.5 Å². The molecule has 2 aromatic rings. The normalized spacial score (nSPS) is 17.6. The summed E-state index contributed by atoms with van der Waals surface area (Å²) in [5, 5.41) is 0. The van der Waals surface area contributed by atoms with Crippen molar-refractivity contribution < 1.29 is 22.6 Å². The van der Waals surface area contributed by atoms with E-state index in [1.807, 2.05) is 13.0 Å². The van der Waals surface area contributed by atoms with Crippen LogP contribution in [-0.2, 0) is 17.5 Å². The molecule has 1 fully saturated rings. The summed E-state index contributed by atoms with van der Waals surface area (Å²) >= 11 is 0. The molecular formula is C17H19F3N4O2. The summed E-state index contributed by atoms with van der Waals surface area (Å²) in [6.45, 7) is 3.53. The SMILES string of the molecule is COCc1nc(C)cc(N2CCC(Oc3ccc(C(F)(F)F)cn3)C2)n1. The summed E-state index contributed by atoms with van der Waals surface area (Å²) < 4.78 is 48.5. The molecule has 1 unspecified atom stereocenters. The summed E-state index contributed by atoms with van der Waals surface area (Å²) in [5.74, 6) is 1.58. The Hall–Kier alpha value is -2.42. The van der Waals surface area contributed by atoms with Crippen LogP contribution >= 0.6 is 0 Å². The minimum absolute atomic E-state index is 0.166. The van der Waals surface area contributed by atoms with Crippen molar-refractivity contribution in [3.8, 4) is 5.88 Å². The average Bonchev–Trinajstić information content (AvgIpc) is 3.03. The van der Waals surface area contributed by atoms with E-state index in [0.717, 1.165) is 36.7 Å². The van der Waals surface area contributed by atoms with E-state index in [2.05, 4.69) is 19.9 Å². The summed E-state index contributed by atoms with van der Waals surface area (Å²) in [6.07, 6.45) is -3.06. The van der Waals surface area contributed by atoms with Crippen LogP contribution in [-0.4, -0.2) is 41.3 Å². The number of anilines is 1. The van der Waals surface area contributed by atoms with Crippen molar-refractivity contribution in [1.29, 1.82) is 0 Å². The first-order valence-corrected chi connectivity index (χ1v) is 8.13. The van der Waals surface area contributed by atoms with Gasteiger partial charge in [0.2, 0.25) is 5.88 Å². The first kappa shape index (κ1) is 18.4. The summed E-state index contributed by atoms with van der Waals surface area (Å²) in [6, 6.07) is 4.11. The molecule has 9 heteroatoms. The van der Waals surface area contributed by atoms with E-state index in [9.17, 15) is 13.2 Å². The van der Waals surface area contributed by atoms with Gasteiger partial charge in [-0.15, -0.1) is 0 Å². The first-order valence-electron chi connectivity index (χ1n) is 8.13. The van der Waals surface area contributed by atoms with Gasteiger partial charge in [-0.2, -0.15) is 13.2 Å². The fourth-order valence-electron chi connectivity index (χ4n) is 2.79. The van der Waals surface area contributed by atoms with Crippen LogP contribution in [0.5, 0.6) is 5.88 Å². The van der Waals surface area contributed by atoms with Crippen LogP contribution in [0.25, 0.3) is 0 Å². The minimum atomic E-state index is -4.40. The number of halogens is 3. The molecule has 0 aromatic carbocycles. The zero-order valence-electron chi connectivity index (χ0n) is 14.5. The molecule has 0 N–H and O–H groups in total. The van der Waals surface area contributed by atoms with Gasteiger partial charge in [-0.1, -0.05) is 0 Å². The summed E-state index contributed by atoms with van der Waals surface area (Å²) in [5.41, 5.74) is 0.0517. The van der Waals surface area contributed by atoms with Gasteiger partial charge in [-0.3, -0.25) is 0 Å². The molecule has 1 saturated heterocycles. The van der Waals surface area contributed by atoms with E-state index in [0.29, 0.717) is 19.0 Å². The topological polar surface area (TPSA) is 60.4 Å². The largest absolute Gasteiger partial charge is 0.472 e. The number of rotatable bonds is 5. The molecule has 6 nitrogen and oxygen atoms in total. The van der Waals surface area contributed by atoms with Crippen LogP contribution in [0.4, 0.5) is 19.0 Å². The van der Waals surface area contributed by atoms with Crippen LogP contribution < -0.4 is 9.64 Å². The molecule has 140 valence electrons. The summed E-state index contributed by atoms with van der Waals surface area (Å²) in [7, 11) is 1.59.